The molecule has 0 saturated carbocycles. The Labute approximate surface area is 271 Å². The lowest BCUT2D eigenvalue weighted by Gasteiger charge is -1.96. The third-order valence-corrected chi connectivity index (χ3v) is 5.69. The molecule has 0 unspecified atom stereocenters. The van der Waals surface area contributed by atoms with Crippen LogP contribution in [-0.4, -0.2) is 0 Å². The standard InChI is InChI=1S/2C11H10.2C7H8.4C2H6/c2*1-9-6-7-10-4-2-3-5-11(10)8-9;2*1-7-5-3-2-4-6-7;4*1-2/h2*2-8H,1H3;2*2-6H,1H3;4*1-2H3. The molecule has 0 atom stereocenters. The quantitative estimate of drug-likeness (QED) is 0.166. The molecule has 0 aliphatic carbocycles. The molecule has 6 aromatic carbocycles. The molecule has 0 amide bonds. The molecule has 0 aromatic heterocycles. The Balaban J connectivity index is 0. The van der Waals surface area contributed by atoms with Crippen molar-refractivity contribution in [2.24, 2.45) is 0 Å². The van der Waals surface area contributed by atoms with Gasteiger partial charge in [-0.1, -0.05) is 223 Å². The van der Waals surface area contributed by atoms with Gasteiger partial charge in [-0.25, -0.2) is 0 Å². The maximum Gasteiger partial charge on any atom is -0.0181 e. The van der Waals surface area contributed by atoms with Crippen LogP contribution in [0.1, 0.15) is 77.6 Å². The molecule has 236 valence electrons. The molecule has 0 fully saturated rings. The van der Waals surface area contributed by atoms with E-state index in [0.29, 0.717) is 0 Å². The predicted molar refractivity (Wildman–Crippen MR) is 205 cm³/mol. The molecule has 0 nitrogen and oxygen atoms in total. The Hall–Kier alpha value is -4.16. The van der Waals surface area contributed by atoms with Gasteiger partial charge in [0.1, 0.15) is 0 Å². The molecule has 0 heteroatoms. The zero-order valence-corrected chi connectivity index (χ0v) is 29.9. The van der Waals surface area contributed by atoms with E-state index in [1.54, 1.807) is 0 Å². The van der Waals surface area contributed by atoms with Crippen LogP contribution in [0.15, 0.2) is 146 Å². The van der Waals surface area contributed by atoms with Gasteiger partial charge >= 0.3 is 0 Å². The molecule has 44 heavy (non-hydrogen) atoms. The summed E-state index contributed by atoms with van der Waals surface area (Å²) in [5.74, 6) is 0. The Bertz CT molecular complexity index is 1330. The Kier molecular flexibility index (Phi) is 27.6. The van der Waals surface area contributed by atoms with Gasteiger partial charge < -0.3 is 0 Å². The van der Waals surface area contributed by atoms with E-state index in [1.165, 1.54) is 43.8 Å². The summed E-state index contributed by atoms with van der Waals surface area (Å²) in [5.41, 5.74) is 5.29. The highest BCUT2D eigenvalue weighted by molar-refractivity contribution is 5.83. The highest BCUT2D eigenvalue weighted by Gasteiger charge is 1.90. The third-order valence-electron chi connectivity index (χ3n) is 5.69. The van der Waals surface area contributed by atoms with Gasteiger partial charge in [0.2, 0.25) is 0 Å². The van der Waals surface area contributed by atoms with Gasteiger partial charge in [-0.05, 0) is 49.2 Å². The first-order valence-corrected chi connectivity index (χ1v) is 16.5. The minimum Gasteiger partial charge on any atom is -0.0683 e. The van der Waals surface area contributed by atoms with Crippen molar-refractivity contribution in [3.8, 4) is 0 Å². The summed E-state index contributed by atoms with van der Waals surface area (Å²) in [5, 5.41) is 5.29. The highest BCUT2D eigenvalue weighted by Crippen LogP contribution is 2.15. The van der Waals surface area contributed by atoms with Crippen molar-refractivity contribution in [1.29, 1.82) is 0 Å². The van der Waals surface area contributed by atoms with E-state index >= 15 is 0 Å². The second-order valence-corrected chi connectivity index (χ2v) is 9.01. The fourth-order valence-electron chi connectivity index (χ4n) is 3.69. The van der Waals surface area contributed by atoms with Crippen molar-refractivity contribution in [3.63, 3.8) is 0 Å². The van der Waals surface area contributed by atoms with Gasteiger partial charge in [0.25, 0.3) is 0 Å². The summed E-state index contributed by atoms with van der Waals surface area (Å²) >= 11 is 0. The monoisotopic (exact) mass is 588 g/mol. The summed E-state index contributed by atoms with van der Waals surface area (Å²) in [4.78, 5) is 0. The van der Waals surface area contributed by atoms with Gasteiger partial charge in [0.05, 0.1) is 0 Å². The van der Waals surface area contributed by atoms with Crippen molar-refractivity contribution < 1.29 is 0 Å². The molecule has 0 bridgehead atoms. The molecule has 0 heterocycles. The van der Waals surface area contributed by atoms with Crippen molar-refractivity contribution in [2.45, 2.75) is 83.1 Å². The van der Waals surface area contributed by atoms with Crippen molar-refractivity contribution in [2.75, 3.05) is 0 Å². The van der Waals surface area contributed by atoms with Gasteiger partial charge in [-0.2, -0.15) is 0 Å². The SMILES string of the molecule is CC.CC.CC.CC.Cc1ccc2ccccc2c1.Cc1ccc2ccccc2c1.Cc1ccccc1.Cc1ccccc1. The predicted octanol–water partition coefficient (Wildman–Crippen LogP) is 14.4. The molecular formula is C44H60. The molecular weight excluding hydrogens is 528 g/mol. The average Bonchev–Trinajstić information content (AvgIpc) is 3.10. The van der Waals surface area contributed by atoms with Gasteiger partial charge in [-0.15, -0.1) is 0 Å². The molecule has 0 N–H and O–H groups in total. The second kappa shape index (κ2) is 28.9. The first-order chi connectivity index (χ1) is 21.5. The normalized spacial score (nSPS) is 8.45. The third kappa shape index (κ3) is 19.1. The highest BCUT2D eigenvalue weighted by atomic mass is 14.0. The lowest BCUT2D eigenvalue weighted by Crippen LogP contribution is -1.73. The number of aryl methyl sites for hydroxylation is 4. The van der Waals surface area contributed by atoms with E-state index < -0.39 is 0 Å². The number of fused-ring (bicyclic) bond motifs is 2. The molecule has 0 radical (unpaired) electrons. The largest absolute Gasteiger partial charge is 0.0683 e. The van der Waals surface area contributed by atoms with E-state index in [0.717, 1.165) is 0 Å². The minimum atomic E-state index is 1.32. The maximum atomic E-state index is 2.20. The van der Waals surface area contributed by atoms with E-state index in [-0.39, 0.29) is 0 Å². The average molecular weight is 589 g/mol. The van der Waals surface area contributed by atoms with Crippen LogP contribution in [0.3, 0.4) is 0 Å². The fourth-order valence-corrected chi connectivity index (χ4v) is 3.69. The van der Waals surface area contributed by atoms with Crippen molar-refractivity contribution in [3.05, 3.63) is 168 Å². The van der Waals surface area contributed by atoms with Gasteiger partial charge in [0, 0.05) is 0 Å². The number of hydrogen-bond donors (Lipinski definition) is 0. The minimum absolute atomic E-state index is 1.32. The fraction of sp³-hybridized carbons (Fsp3) is 0.273. The van der Waals surface area contributed by atoms with Crippen LogP contribution in [0.2, 0.25) is 0 Å². The molecule has 0 aliphatic rings. The Morgan fingerprint density at radius 1 is 0.227 bits per heavy atom. The number of hydrogen-bond acceptors (Lipinski definition) is 0. The van der Waals surface area contributed by atoms with Crippen molar-refractivity contribution in [1.82, 2.24) is 0 Å². The summed E-state index contributed by atoms with van der Waals surface area (Å²) in [6.07, 6.45) is 0. The van der Waals surface area contributed by atoms with Crippen LogP contribution in [0.5, 0.6) is 0 Å². The summed E-state index contributed by atoms with van der Waals surface area (Å²) in [6.45, 7) is 24.4. The molecule has 0 saturated heterocycles. The van der Waals surface area contributed by atoms with Crippen molar-refractivity contribution >= 4 is 21.5 Å². The summed E-state index contributed by atoms with van der Waals surface area (Å²) in [6, 6.07) is 50.4. The van der Waals surface area contributed by atoms with Crippen LogP contribution in [0, 0.1) is 27.7 Å². The van der Waals surface area contributed by atoms with E-state index in [1.807, 2.05) is 91.8 Å². The Morgan fingerprint density at radius 2 is 0.477 bits per heavy atom. The first kappa shape index (κ1) is 42.0. The van der Waals surface area contributed by atoms with E-state index in [2.05, 4.69) is 137 Å². The lowest BCUT2D eigenvalue weighted by molar-refractivity contribution is 1.48. The molecule has 6 aromatic rings. The Morgan fingerprint density at radius 3 is 0.727 bits per heavy atom. The zero-order valence-electron chi connectivity index (χ0n) is 29.9. The van der Waals surface area contributed by atoms with Crippen LogP contribution < -0.4 is 0 Å². The van der Waals surface area contributed by atoms with Crippen LogP contribution >= 0.6 is 0 Å². The van der Waals surface area contributed by atoms with Crippen LogP contribution in [-0.2, 0) is 0 Å². The number of rotatable bonds is 0. The summed E-state index contributed by atoms with van der Waals surface area (Å²) in [7, 11) is 0. The molecule has 0 aliphatic heterocycles. The topological polar surface area (TPSA) is 0 Å². The lowest BCUT2D eigenvalue weighted by atomic mass is 10.1. The van der Waals surface area contributed by atoms with Gasteiger partial charge in [-0.3, -0.25) is 0 Å². The van der Waals surface area contributed by atoms with E-state index in [4.69, 9.17) is 0 Å². The maximum absolute atomic E-state index is 2.20. The second-order valence-electron chi connectivity index (χ2n) is 9.01. The van der Waals surface area contributed by atoms with Crippen LogP contribution in [0.25, 0.3) is 21.5 Å². The van der Waals surface area contributed by atoms with Gasteiger partial charge in [0.15, 0.2) is 0 Å². The number of benzene rings is 6. The molecule has 0 spiro atoms. The smallest absolute Gasteiger partial charge is 0.0181 e. The first-order valence-electron chi connectivity index (χ1n) is 16.5. The zero-order chi connectivity index (χ0) is 33.6. The van der Waals surface area contributed by atoms with E-state index in [9.17, 15) is 0 Å². The molecule has 6 rings (SSSR count). The summed E-state index contributed by atoms with van der Waals surface area (Å²) < 4.78 is 0. The van der Waals surface area contributed by atoms with Crippen LogP contribution in [0.4, 0.5) is 0 Å².